The second kappa shape index (κ2) is 6.54. The van der Waals surface area contributed by atoms with Crippen molar-refractivity contribution in [2.45, 2.75) is 13.3 Å². The van der Waals surface area contributed by atoms with Crippen LogP contribution in [0.5, 0.6) is 0 Å². The Balaban J connectivity index is 1.97. The predicted molar refractivity (Wildman–Crippen MR) is 89.5 cm³/mol. The van der Waals surface area contributed by atoms with E-state index in [1.165, 1.54) is 24.3 Å². The van der Waals surface area contributed by atoms with Gasteiger partial charge in [-0.3, -0.25) is 9.59 Å². The van der Waals surface area contributed by atoms with Crippen LogP contribution < -0.4 is 10.6 Å². The summed E-state index contributed by atoms with van der Waals surface area (Å²) in [6, 6.07) is 12.4. The standard InChI is InChI=1S/C18H15FN2O3/c1-2-15(22)21-16-13-5-3-4-6-14(13)24-17(16)18(23)20-12-9-7-11(19)8-10-12/h3-10H,2H2,1H3,(H,20,23)(H,21,22). The molecule has 2 amide bonds. The molecule has 0 spiro atoms. The first-order valence-electron chi connectivity index (χ1n) is 7.46. The van der Waals surface area contributed by atoms with Crippen molar-refractivity contribution in [2.75, 3.05) is 10.6 Å². The van der Waals surface area contributed by atoms with E-state index in [9.17, 15) is 14.0 Å². The molecule has 3 rings (SSSR count). The Hall–Kier alpha value is -3.15. The maximum atomic E-state index is 13.0. The van der Waals surface area contributed by atoms with Gasteiger partial charge in [0, 0.05) is 17.5 Å². The van der Waals surface area contributed by atoms with E-state index in [-0.39, 0.29) is 18.1 Å². The van der Waals surface area contributed by atoms with E-state index in [0.29, 0.717) is 22.3 Å². The van der Waals surface area contributed by atoms with Gasteiger partial charge in [-0.05, 0) is 36.4 Å². The van der Waals surface area contributed by atoms with E-state index < -0.39 is 11.7 Å². The molecule has 0 bridgehead atoms. The van der Waals surface area contributed by atoms with Crippen LogP contribution in [0.1, 0.15) is 23.9 Å². The van der Waals surface area contributed by atoms with Crippen molar-refractivity contribution in [2.24, 2.45) is 0 Å². The molecule has 0 saturated carbocycles. The highest BCUT2D eigenvalue weighted by Crippen LogP contribution is 2.31. The summed E-state index contributed by atoms with van der Waals surface area (Å²) in [5.41, 5.74) is 1.25. The molecule has 6 heteroatoms. The summed E-state index contributed by atoms with van der Waals surface area (Å²) in [6.07, 6.45) is 0.276. The molecule has 5 nitrogen and oxygen atoms in total. The summed E-state index contributed by atoms with van der Waals surface area (Å²) >= 11 is 0. The fourth-order valence-corrected chi connectivity index (χ4v) is 2.28. The number of rotatable bonds is 4. The van der Waals surface area contributed by atoms with E-state index >= 15 is 0 Å². The van der Waals surface area contributed by atoms with Crippen LogP contribution in [0.4, 0.5) is 15.8 Å². The number of para-hydroxylation sites is 1. The number of amides is 2. The minimum Gasteiger partial charge on any atom is -0.449 e. The van der Waals surface area contributed by atoms with Crippen molar-refractivity contribution < 1.29 is 18.4 Å². The molecule has 122 valence electrons. The van der Waals surface area contributed by atoms with Crippen LogP contribution in [-0.4, -0.2) is 11.8 Å². The molecule has 0 unspecified atom stereocenters. The summed E-state index contributed by atoms with van der Waals surface area (Å²) in [5.74, 6) is -1.14. The van der Waals surface area contributed by atoms with Crippen molar-refractivity contribution in [3.05, 3.63) is 60.1 Å². The Morgan fingerprint density at radius 1 is 1.04 bits per heavy atom. The Morgan fingerprint density at radius 2 is 1.75 bits per heavy atom. The van der Waals surface area contributed by atoms with E-state index in [4.69, 9.17) is 4.42 Å². The first kappa shape index (κ1) is 15.7. The summed E-state index contributed by atoms with van der Waals surface area (Å²) in [4.78, 5) is 24.3. The van der Waals surface area contributed by atoms with Crippen LogP contribution in [0.25, 0.3) is 11.0 Å². The zero-order valence-corrected chi connectivity index (χ0v) is 12.9. The zero-order chi connectivity index (χ0) is 17.1. The lowest BCUT2D eigenvalue weighted by Crippen LogP contribution is -2.16. The number of carbonyl (C=O) groups excluding carboxylic acids is 2. The number of halogens is 1. The Labute approximate surface area is 137 Å². The number of carbonyl (C=O) groups is 2. The van der Waals surface area contributed by atoms with Crippen LogP contribution in [0.15, 0.2) is 52.9 Å². The number of benzene rings is 2. The average molecular weight is 326 g/mol. The van der Waals surface area contributed by atoms with Gasteiger partial charge in [-0.25, -0.2) is 4.39 Å². The molecule has 0 aliphatic heterocycles. The molecule has 0 atom stereocenters. The highest BCUT2D eigenvalue weighted by atomic mass is 19.1. The highest BCUT2D eigenvalue weighted by Gasteiger charge is 2.22. The first-order chi connectivity index (χ1) is 11.6. The molecular formula is C18H15FN2O3. The third-order valence-corrected chi connectivity index (χ3v) is 3.49. The topological polar surface area (TPSA) is 71.3 Å². The Bertz CT molecular complexity index is 900. The van der Waals surface area contributed by atoms with Crippen LogP contribution in [-0.2, 0) is 4.79 Å². The summed E-state index contributed by atoms with van der Waals surface area (Å²) in [5, 5.41) is 5.98. The van der Waals surface area contributed by atoms with Gasteiger partial charge in [-0.15, -0.1) is 0 Å². The van der Waals surface area contributed by atoms with Crippen molar-refractivity contribution in [1.82, 2.24) is 0 Å². The van der Waals surface area contributed by atoms with E-state index in [1.54, 1.807) is 31.2 Å². The molecule has 0 saturated heterocycles. The molecule has 0 aliphatic carbocycles. The molecule has 1 heterocycles. The van der Waals surface area contributed by atoms with E-state index in [1.807, 2.05) is 0 Å². The minimum absolute atomic E-state index is 0.00215. The maximum absolute atomic E-state index is 13.0. The first-order valence-corrected chi connectivity index (χ1v) is 7.46. The molecule has 0 radical (unpaired) electrons. The van der Waals surface area contributed by atoms with Gasteiger partial charge in [0.05, 0.1) is 0 Å². The van der Waals surface area contributed by atoms with Gasteiger partial charge in [-0.1, -0.05) is 19.1 Å². The number of furan rings is 1. The maximum Gasteiger partial charge on any atom is 0.293 e. The molecule has 1 aromatic heterocycles. The normalized spacial score (nSPS) is 10.6. The zero-order valence-electron chi connectivity index (χ0n) is 12.9. The fraction of sp³-hybridized carbons (Fsp3) is 0.111. The molecule has 3 aromatic rings. The molecule has 0 aliphatic rings. The highest BCUT2D eigenvalue weighted by molar-refractivity contribution is 6.14. The summed E-state index contributed by atoms with van der Waals surface area (Å²) < 4.78 is 18.6. The molecular weight excluding hydrogens is 311 g/mol. The smallest absolute Gasteiger partial charge is 0.293 e. The molecule has 2 N–H and O–H groups in total. The van der Waals surface area contributed by atoms with Gasteiger partial charge < -0.3 is 15.1 Å². The molecule has 2 aromatic carbocycles. The lowest BCUT2D eigenvalue weighted by molar-refractivity contribution is -0.115. The Kier molecular flexibility index (Phi) is 4.29. The molecule has 24 heavy (non-hydrogen) atoms. The second-order valence-corrected chi connectivity index (χ2v) is 5.17. The lowest BCUT2D eigenvalue weighted by atomic mass is 10.2. The monoisotopic (exact) mass is 326 g/mol. The van der Waals surface area contributed by atoms with Crippen LogP contribution in [0.2, 0.25) is 0 Å². The third-order valence-electron chi connectivity index (χ3n) is 3.49. The van der Waals surface area contributed by atoms with Crippen LogP contribution in [0, 0.1) is 5.82 Å². The lowest BCUT2D eigenvalue weighted by Gasteiger charge is -2.06. The quantitative estimate of drug-likeness (QED) is 0.756. The average Bonchev–Trinajstić information content (AvgIpc) is 2.95. The number of hydrogen-bond donors (Lipinski definition) is 2. The van der Waals surface area contributed by atoms with Gasteiger partial charge in [0.2, 0.25) is 11.7 Å². The van der Waals surface area contributed by atoms with Gasteiger partial charge in [0.1, 0.15) is 17.1 Å². The van der Waals surface area contributed by atoms with Crippen molar-refractivity contribution in [1.29, 1.82) is 0 Å². The fourth-order valence-electron chi connectivity index (χ4n) is 2.28. The Morgan fingerprint density at radius 3 is 2.46 bits per heavy atom. The van der Waals surface area contributed by atoms with Crippen molar-refractivity contribution in [3.63, 3.8) is 0 Å². The van der Waals surface area contributed by atoms with Gasteiger partial charge in [-0.2, -0.15) is 0 Å². The number of hydrogen-bond acceptors (Lipinski definition) is 3. The van der Waals surface area contributed by atoms with Gasteiger partial charge >= 0.3 is 0 Å². The number of nitrogens with one attached hydrogen (secondary N) is 2. The SMILES string of the molecule is CCC(=O)Nc1c(C(=O)Nc2ccc(F)cc2)oc2ccccc12. The van der Waals surface area contributed by atoms with E-state index in [0.717, 1.165) is 0 Å². The number of anilines is 2. The van der Waals surface area contributed by atoms with Crippen LogP contribution >= 0.6 is 0 Å². The number of fused-ring (bicyclic) bond motifs is 1. The van der Waals surface area contributed by atoms with Gasteiger partial charge in [0.15, 0.2) is 0 Å². The second-order valence-electron chi connectivity index (χ2n) is 5.17. The molecule has 0 fully saturated rings. The van der Waals surface area contributed by atoms with Crippen molar-refractivity contribution in [3.8, 4) is 0 Å². The minimum atomic E-state index is -0.524. The third kappa shape index (κ3) is 3.12. The van der Waals surface area contributed by atoms with E-state index in [2.05, 4.69) is 10.6 Å². The predicted octanol–water partition coefficient (Wildman–Crippen LogP) is 4.17. The largest absolute Gasteiger partial charge is 0.449 e. The summed E-state index contributed by atoms with van der Waals surface area (Å²) in [7, 11) is 0. The summed E-state index contributed by atoms with van der Waals surface area (Å²) in [6.45, 7) is 1.72. The van der Waals surface area contributed by atoms with Crippen molar-refractivity contribution >= 4 is 34.2 Å². The van der Waals surface area contributed by atoms with Crippen LogP contribution in [0.3, 0.4) is 0 Å². The van der Waals surface area contributed by atoms with Gasteiger partial charge in [0.25, 0.3) is 5.91 Å².